The molecule has 0 aliphatic carbocycles. The van der Waals surface area contributed by atoms with E-state index in [0.29, 0.717) is 12.0 Å². The highest BCUT2D eigenvalue weighted by molar-refractivity contribution is 5.43. The number of pyridine rings is 1. The van der Waals surface area contributed by atoms with Crippen LogP contribution in [0.15, 0.2) is 12.1 Å². The lowest BCUT2D eigenvalue weighted by Gasteiger charge is -2.26. The monoisotopic (exact) mass is 291 g/mol. The molecule has 1 heterocycles. The van der Waals surface area contributed by atoms with Gasteiger partial charge in [0.15, 0.2) is 0 Å². The van der Waals surface area contributed by atoms with E-state index in [9.17, 15) is 0 Å². The third-order valence-electron chi connectivity index (χ3n) is 3.90. The molecule has 0 bridgehead atoms. The van der Waals surface area contributed by atoms with E-state index in [1.807, 2.05) is 0 Å². The fourth-order valence-corrected chi connectivity index (χ4v) is 2.44. The van der Waals surface area contributed by atoms with Crippen molar-refractivity contribution in [1.29, 1.82) is 0 Å². The first-order chi connectivity index (χ1) is 9.97. The van der Waals surface area contributed by atoms with Gasteiger partial charge in [-0.25, -0.2) is 4.98 Å². The SMILES string of the molecule is CCCC(C)N(C)c1cc(CNCC(C)C)cc(CC)n1. The van der Waals surface area contributed by atoms with Gasteiger partial charge in [0, 0.05) is 25.3 Å². The predicted molar refractivity (Wildman–Crippen MR) is 92.9 cm³/mol. The van der Waals surface area contributed by atoms with Gasteiger partial charge in [-0.15, -0.1) is 0 Å². The zero-order valence-electron chi connectivity index (χ0n) is 14.7. The summed E-state index contributed by atoms with van der Waals surface area (Å²) in [6.45, 7) is 13.2. The molecule has 1 aromatic rings. The minimum Gasteiger partial charge on any atom is -0.357 e. The second-order valence-electron chi connectivity index (χ2n) is 6.45. The molecule has 1 rings (SSSR count). The average molecular weight is 291 g/mol. The molecule has 0 radical (unpaired) electrons. The van der Waals surface area contributed by atoms with E-state index < -0.39 is 0 Å². The van der Waals surface area contributed by atoms with Crippen LogP contribution in [0, 0.1) is 5.92 Å². The Morgan fingerprint density at radius 3 is 2.48 bits per heavy atom. The van der Waals surface area contributed by atoms with E-state index in [1.54, 1.807) is 0 Å². The molecule has 0 aliphatic heterocycles. The summed E-state index contributed by atoms with van der Waals surface area (Å²) in [6.07, 6.45) is 3.40. The van der Waals surface area contributed by atoms with Gasteiger partial charge in [0.05, 0.1) is 0 Å². The highest BCUT2D eigenvalue weighted by atomic mass is 15.2. The standard InChI is InChI=1S/C18H33N3/c1-7-9-15(5)21(6)18-11-16(10-17(8-2)20-18)13-19-12-14(3)4/h10-11,14-15,19H,7-9,12-13H2,1-6H3. The van der Waals surface area contributed by atoms with Crippen molar-refractivity contribution in [2.75, 3.05) is 18.5 Å². The van der Waals surface area contributed by atoms with Crippen LogP contribution in [0.1, 0.15) is 58.7 Å². The first-order valence-corrected chi connectivity index (χ1v) is 8.41. The fraction of sp³-hybridized carbons (Fsp3) is 0.722. The molecule has 0 saturated carbocycles. The van der Waals surface area contributed by atoms with E-state index in [1.165, 1.54) is 24.1 Å². The van der Waals surface area contributed by atoms with Crippen LogP contribution in [0.2, 0.25) is 0 Å². The Bertz CT molecular complexity index is 415. The molecular formula is C18H33N3. The van der Waals surface area contributed by atoms with Crippen LogP contribution in [0.4, 0.5) is 5.82 Å². The lowest BCUT2D eigenvalue weighted by atomic mass is 10.1. The molecule has 1 N–H and O–H groups in total. The molecular weight excluding hydrogens is 258 g/mol. The van der Waals surface area contributed by atoms with Gasteiger partial charge >= 0.3 is 0 Å². The molecule has 1 unspecified atom stereocenters. The Labute approximate surface area is 131 Å². The van der Waals surface area contributed by atoms with Gasteiger partial charge in [0.2, 0.25) is 0 Å². The third-order valence-corrected chi connectivity index (χ3v) is 3.90. The number of aryl methyl sites for hydroxylation is 1. The van der Waals surface area contributed by atoms with Gasteiger partial charge in [-0.2, -0.15) is 0 Å². The van der Waals surface area contributed by atoms with Crippen molar-refractivity contribution in [3.63, 3.8) is 0 Å². The molecule has 0 saturated heterocycles. The quantitative estimate of drug-likeness (QED) is 0.745. The van der Waals surface area contributed by atoms with Crippen LogP contribution < -0.4 is 10.2 Å². The van der Waals surface area contributed by atoms with Gasteiger partial charge in [-0.3, -0.25) is 0 Å². The highest BCUT2D eigenvalue weighted by Crippen LogP contribution is 2.18. The van der Waals surface area contributed by atoms with E-state index in [-0.39, 0.29) is 0 Å². The highest BCUT2D eigenvalue weighted by Gasteiger charge is 2.12. The molecule has 0 aromatic carbocycles. The van der Waals surface area contributed by atoms with Crippen LogP contribution in [0.25, 0.3) is 0 Å². The lowest BCUT2D eigenvalue weighted by Crippen LogP contribution is -2.30. The van der Waals surface area contributed by atoms with Gasteiger partial charge in [-0.05, 0) is 49.9 Å². The number of nitrogens with one attached hydrogen (secondary N) is 1. The van der Waals surface area contributed by atoms with Crippen LogP contribution in [0.3, 0.4) is 0 Å². The first-order valence-electron chi connectivity index (χ1n) is 8.41. The molecule has 1 atom stereocenters. The molecule has 0 aliphatic rings. The molecule has 3 heteroatoms. The molecule has 3 nitrogen and oxygen atoms in total. The molecule has 0 fully saturated rings. The summed E-state index contributed by atoms with van der Waals surface area (Å²) in [7, 11) is 2.16. The maximum absolute atomic E-state index is 4.80. The van der Waals surface area contributed by atoms with Crippen molar-refractivity contribution in [1.82, 2.24) is 10.3 Å². The first kappa shape index (κ1) is 18.0. The third kappa shape index (κ3) is 6.04. The van der Waals surface area contributed by atoms with Crippen molar-refractivity contribution in [2.24, 2.45) is 5.92 Å². The second-order valence-corrected chi connectivity index (χ2v) is 6.45. The number of hydrogen-bond donors (Lipinski definition) is 1. The summed E-state index contributed by atoms with van der Waals surface area (Å²) < 4.78 is 0. The largest absolute Gasteiger partial charge is 0.357 e. The van der Waals surface area contributed by atoms with Crippen LogP contribution in [-0.4, -0.2) is 24.6 Å². The summed E-state index contributed by atoms with van der Waals surface area (Å²) in [4.78, 5) is 7.11. The number of rotatable bonds is 9. The van der Waals surface area contributed by atoms with Crippen molar-refractivity contribution in [2.45, 2.75) is 66.5 Å². The lowest BCUT2D eigenvalue weighted by molar-refractivity contribution is 0.551. The smallest absolute Gasteiger partial charge is 0.129 e. The van der Waals surface area contributed by atoms with Crippen molar-refractivity contribution < 1.29 is 0 Å². The Kier molecular flexibility index (Phi) is 7.73. The fourth-order valence-electron chi connectivity index (χ4n) is 2.44. The summed E-state index contributed by atoms with van der Waals surface area (Å²) in [5.74, 6) is 1.79. The summed E-state index contributed by atoms with van der Waals surface area (Å²) >= 11 is 0. The minimum absolute atomic E-state index is 0.533. The van der Waals surface area contributed by atoms with Gasteiger partial charge in [-0.1, -0.05) is 34.1 Å². The number of aromatic nitrogens is 1. The number of nitrogens with zero attached hydrogens (tertiary/aromatic N) is 2. The summed E-state index contributed by atoms with van der Waals surface area (Å²) in [5, 5.41) is 3.53. The molecule has 120 valence electrons. The number of hydrogen-bond acceptors (Lipinski definition) is 3. The maximum Gasteiger partial charge on any atom is 0.129 e. The van der Waals surface area contributed by atoms with Gasteiger partial charge in [0.25, 0.3) is 0 Å². The van der Waals surface area contributed by atoms with Crippen molar-refractivity contribution >= 4 is 5.82 Å². The number of anilines is 1. The summed E-state index contributed by atoms with van der Waals surface area (Å²) in [5.41, 5.74) is 2.53. The average Bonchev–Trinajstić information content (AvgIpc) is 2.46. The van der Waals surface area contributed by atoms with Crippen LogP contribution in [-0.2, 0) is 13.0 Å². The maximum atomic E-state index is 4.80. The van der Waals surface area contributed by atoms with E-state index >= 15 is 0 Å². The van der Waals surface area contributed by atoms with Crippen LogP contribution in [0.5, 0.6) is 0 Å². The second kappa shape index (κ2) is 9.04. The van der Waals surface area contributed by atoms with Crippen molar-refractivity contribution in [3.8, 4) is 0 Å². The topological polar surface area (TPSA) is 28.2 Å². The Hall–Kier alpha value is -1.09. The Balaban J connectivity index is 2.83. The van der Waals surface area contributed by atoms with Gasteiger partial charge in [0.1, 0.15) is 5.82 Å². The predicted octanol–water partition coefficient (Wildman–Crippen LogP) is 4.01. The molecule has 0 spiro atoms. The van der Waals surface area contributed by atoms with Crippen molar-refractivity contribution in [3.05, 3.63) is 23.4 Å². The van der Waals surface area contributed by atoms with E-state index in [0.717, 1.165) is 25.3 Å². The van der Waals surface area contributed by atoms with Gasteiger partial charge < -0.3 is 10.2 Å². The zero-order valence-corrected chi connectivity index (χ0v) is 14.7. The normalized spacial score (nSPS) is 12.7. The van der Waals surface area contributed by atoms with E-state index in [2.05, 4.69) is 64.0 Å². The van der Waals surface area contributed by atoms with Crippen LogP contribution >= 0.6 is 0 Å². The van der Waals surface area contributed by atoms with E-state index in [4.69, 9.17) is 4.98 Å². The molecule has 0 amide bonds. The minimum atomic E-state index is 0.533. The Morgan fingerprint density at radius 1 is 1.19 bits per heavy atom. The Morgan fingerprint density at radius 2 is 1.90 bits per heavy atom. The molecule has 21 heavy (non-hydrogen) atoms. The zero-order chi connectivity index (χ0) is 15.8. The molecule has 1 aromatic heterocycles. The summed E-state index contributed by atoms with van der Waals surface area (Å²) in [6, 6.07) is 5.00.